The lowest BCUT2D eigenvalue weighted by molar-refractivity contribution is -0.118. The third-order valence-corrected chi connectivity index (χ3v) is 3.73. The highest BCUT2D eigenvalue weighted by atomic mass is 16.1. The number of nitrogens with zero attached hydrogens (tertiary/aromatic N) is 1. The van der Waals surface area contributed by atoms with E-state index in [0.29, 0.717) is 12.5 Å². The minimum Gasteiger partial charge on any atom is -0.370 e. The maximum absolute atomic E-state index is 10.7. The first-order chi connectivity index (χ1) is 7.13. The molecule has 1 rings (SSSR count). The number of nitrogens with two attached hydrogens (primary N) is 1. The second kappa shape index (κ2) is 6.11. The van der Waals surface area contributed by atoms with Crippen molar-refractivity contribution in [1.29, 1.82) is 0 Å². The summed E-state index contributed by atoms with van der Waals surface area (Å²) in [5, 5.41) is 0. The SMILES string of the molecule is CCC1CCC(N(C)CCC(N)=O)CC1. The van der Waals surface area contributed by atoms with Gasteiger partial charge in [-0.25, -0.2) is 0 Å². The topological polar surface area (TPSA) is 46.3 Å². The van der Waals surface area contributed by atoms with E-state index >= 15 is 0 Å². The van der Waals surface area contributed by atoms with Crippen LogP contribution in [0.25, 0.3) is 0 Å². The summed E-state index contributed by atoms with van der Waals surface area (Å²) in [5.74, 6) is 0.745. The summed E-state index contributed by atoms with van der Waals surface area (Å²) in [6, 6.07) is 0.673. The van der Waals surface area contributed by atoms with Gasteiger partial charge in [0.2, 0.25) is 5.91 Å². The van der Waals surface area contributed by atoms with Gasteiger partial charge < -0.3 is 10.6 Å². The Morgan fingerprint density at radius 1 is 1.33 bits per heavy atom. The predicted octanol–water partition coefficient (Wildman–Crippen LogP) is 1.76. The average molecular weight is 212 g/mol. The van der Waals surface area contributed by atoms with E-state index in [4.69, 9.17) is 5.73 Å². The first-order valence-electron chi connectivity index (χ1n) is 6.12. The largest absolute Gasteiger partial charge is 0.370 e. The molecule has 0 spiro atoms. The van der Waals surface area contributed by atoms with Crippen molar-refractivity contribution in [1.82, 2.24) is 4.90 Å². The van der Waals surface area contributed by atoms with Gasteiger partial charge in [-0.15, -0.1) is 0 Å². The van der Waals surface area contributed by atoms with Gasteiger partial charge >= 0.3 is 0 Å². The van der Waals surface area contributed by atoms with Crippen LogP contribution >= 0.6 is 0 Å². The number of hydrogen-bond acceptors (Lipinski definition) is 2. The van der Waals surface area contributed by atoms with Gasteiger partial charge in [0, 0.05) is 19.0 Å². The van der Waals surface area contributed by atoms with Crippen LogP contribution < -0.4 is 5.73 Å². The molecule has 0 aromatic carbocycles. The van der Waals surface area contributed by atoms with Crippen molar-refractivity contribution < 1.29 is 4.79 Å². The summed E-state index contributed by atoms with van der Waals surface area (Å²) in [6.07, 6.45) is 7.08. The van der Waals surface area contributed by atoms with Crippen molar-refractivity contribution in [2.75, 3.05) is 13.6 Å². The zero-order valence-electron chi connectivity index (χ0n) is 10.0. The summed E-state index contributed by atoms with van der Waals surface area (Å²) in [7, 11) is 2.11. The lowest BCUT2D eigenvalue weighted by Crippen LogP contribution is -2.37. The molecule has 88 valence electrons. The van der Waals surface area contributed by atoms with Crippen molar-refractivity contribution in [3.8, 4) is 0 Å². The zero-order valence-corrected chi connectivity index (χ0v) is 10.0. The Morgan fingerprint density at radius 2 is 1.93 bits per heavy atom. The molecule has 0 aromatic rings. The van der Waals surface area contributed by atoms with E-state index in [1.54, 1.807) is 0 Å². The van der Waals surface area contributed by atoms with E-state index in [0.717, 1.165) is 12.5 Å². The normalized spacial score (nSPS) is 26.9. The quantitative estimate of drug-likeness (QED) is 0.755. The van der Waals surface area contributed by atoms with Gasteiger partial charge in [0.05, 0.1) is 0 Å². The maximum Gasteiger partial charge on any atom is 0.218 e. The molecule has 0 bridgehead atoms. The van der Waals surface area contributed by atoms with E-state index < -0.39 is 0 Å². The van der Waals surface area contributed by atoms with Crippen molar-refractivity contribution in [2.45, 2.75) is 51.5 Å². The fourth-order valence-corrected chi connectivity index (χ4v) is 2.46. The first kappa shape index (κ1) is 12.5. The Morgan fingerprint density at radius 3 is 2.40 bits per heavy atom. The van der Waals surface area contributed by atoms with Crippen LogP contribution in [0.5, 0.6) is 0 Å². The molecule has 0 aromatic heterocycles. The molecule has 0 unspecified atom stereocenters. The number of amides is 1. The van der Waals surface area contributed by atoms with E-state index in [1.807, 2.05) is 0 Å². The lowest BCUT2D eigenvalue weighted by atomic mass is 9.84. The number of hydrogen-bond donors (Lipinski definition) is 1. The summed E-state index contributed by atoms with van der Waals surface area (Å²) in [6.45, 7) is 3.10. The van der Waals surface area contributed by atoms with Crippen LogP contribution in [0.15, 0.2) is 0 Å². The Kier molecular flexibility index (Phi) is 5.09. The van der Waals surface area contributed by atoms with Gasteiger partial charge in [-0.1, -0.05) is 13.3 Å². The van der Waals surface area contributed by atoms with Crippen LogP contribution in [0.2, 0.25) is 0 Å². The summed E-state index contributed by atoms with van der Waals surface area (Å²) in [5.41, 5.74) is 5.15. The van der Waals surface area contributed by atoms with Crippen LogP contribution in [0.1, 0.15) is 45.4 Å². The molecule has 1 fully saturated rings. The molecule has 1 saturated carbocycles. The fourth-order valence-electron chi connectivity index (χ4n) is 2.46. The summed E-state index contributed by atoms with van der Waals surface area (Å²) >= 11 is 0. The van der Waals surface area contributed by atoms with Gasteiger partial charge in [0.15, 0.2) is 0 Å². The fraction of sp³-hybridized carbons (Fsp3) is 0.917. The standard InChI is InChI=1S/C12H24N2O/c1-3-10-4-6-11(7-5-10)14(2)9-8-12(13)15/h10-11H,3-9H2,1-2H3,(H2,13,15). The second-order valence-corrected chi connectivity index (χ2v) is 4.78. The van der Waals surface area contributed by atoms with Gasteiger partial charge in [0.1, 0.15) is 0 Å². The van der Waals surface area contributed by atoms with Gasteiger partial charge in [-0.2, -0.15) is 0 Å². The molecular formula is C12H24N2O. The summed E-state index contributed by atoms with van der Waals surface area (Å²) < 4.78 is 0. The minimum absolute atomic E-state index is 0.191. The maximum atomic E-state index is 10.7. The Balaban J connectivity index is 2.23. The third-order valence-electron chi connectivity index (χ3n) is 3.73. The van der Waals surface area contributed by atoms with E-state index in [1.165, 1.54) is 32.1 Å². The van der Waals surface area contributed by atoms with Crippen molar-refractivity contribution in [3.05, 3.63) is 0 Å². The molecule has 15 heavy (non-hydrogen) atoms. The Hall–Kier alpha value is -0.570. The molecule has 1 aliphatic carbocycles. The van der Waals surface area contributed by atoms with E-state index in [2.05, 4.69) is 18.9 Å². The number of carbonyl (C=O) groups excluding carboxylic acids is 1. The van der Waals surface area contributed by atoms with Crippen LogP contribution in [0, 0.1) is 5.92 Å². The molecule has 0 radical (unpaired) electrons. The Bertz CT molecular complexity index is 198. The zero-order chi connectivity index (χ0) is 11.3. The first-order valence-corrected chi connectivity index (χ1v) is 6.12. The highest BCUT2D eigenvalue weighted by Crippen LogP contribution is 2.28. The molecule has 0 atom stereocenters. The number of carbonyl (C=O) groups is 1. The minimum atomic E-state index is -0.191. The van der Waals surface area contributed by atoms with E-state index in [9.17, 15) is 4.79 Å². The van der Waals surface area contributed by atoms with E-state index in [-0.39, 0.29) is 5.91 Å². The highest BCUT2D eigenvalue weighted by Gasteiger charge is 2.22. The number of rotatable bonds is 5. The second-order valence-electron chi connectivity index (χ2n) is 4.78. The van der Waals surface area contributed by atoms with Gasteiger partial charge in [-0.3, -0.25) is 4.79 Å². The monoisotopic (exact) mass is 212 g/mol. The molecule has 2 N–H and O–H groups in total. The Labute approximate surface area is 93.0 Å². The lowest BCUT2D eigenvalue weighted by Gasteiger charge is -2.34. The van der Waals surface area contributed by atoms with Crippen molar-refractivity contribution in [2.24, 2.45) is 11.7 Å². The van der Waals surface area contributed by atoms with Gasteiger partial charge in [-0.05, 0) is 38.6 Å². The van der Waals surface area contributed by atoms with Crippen molar-refractivity contribution in [3.63, 3.8) is 0 Å². The van der Waals surface area contributed by atoms with Crippen LogP contribution in [0.4, 0.5) is 0 Å². The van der Waals surface area contributed by atoms with Crippen LogP contribution in [0.3, 0.4) is 0 Å². The summed E-state index contributed by atoms with van der Waals surface area (Å²) in [4.78, 5) is 13.0. The predicted molar refractivity (Wildman–Crippen MR) is 62.5 cm³/mol. The molecule has 1 aliphatic rings. The van der Waals surface area contributed by atoms with Crippen molar-refractivity contribution >= 4 is 5.91 Å². The number of primary amides is 1. The molecule has 3 heteroatoms. The molecule has 3 nitrogen and oxygen atoms in total. The molecule has 1 amide bonds. The van der Waals surface area contributed by atoms with Gasteiger partial charge in [0.25, 0.3) is 0 Å². The highest BCUT2D eigenvalue weighted by molar-refractivity contribution is 5.73. The smallest absolute Gasteiger partial charge is 0.218 e. The molecule has 0 heterocycles. The molecular weight excluding hydrogens is 188 g/mol. The van der Waals surface area contributed by atoms with Crippen LogP contribution in [-0.2, 0) is 4.79 Å². The molecule has 0 saturated heterocycles. The van der Waals surface area contributed by atoms with Crippen LogP contribution in [-0.4, -0.2) is 30.4 Å². The average Bonchev–Trinajstić information content (AvgIpc) is 2.26. The molecule has 0 aliphatic heterocycles. The third kappa shape index (κ3) is 4.20.